The summed E-state index contributed by atoms with van der Waals surface area (Å²) in [5.74, 6) is 0.573. The number of benzene rings is 2. The molecule has 3 aromatic rings. The fourth-order valence-electron chi connectivity index (χ4n) is 5.81. The topological polar surface area (TPSA) is 115 Å². The smallest absolute Gasteiger partial charge is 0.240 e. The molecule has 41 heavy (non-hydrogen) atoms. The van der Waals surface area contributed by atoms with Crippen LogP contribution in [0.15, 0.2) is 65.6 Å². The van der Waals surface area contributed by atoms with Gasteiger partial charge in [-0.25, -0.2) is 18.1 Å². The molecule has 10 heteroatoms. The number of hydrogen-bond acceptors (Lipinski definition) is 7. The highest BCUT2D eigenvalue weighted by atomic mass is 32.2. The number of nitrogens with one attached hydrogen (secondary N) is 2. The molecule has 2 fully saturated rings. The molecule has 1 saturated heterocycles. The number of sulfonamides is 1. The summed E-state index contributed by atoms with van der Waals surface area (Å²) in [7, 11) is -1.61. The van der Waals surface area contributed by atoms with Crippen LogP contribution < -0.4 is 14.9 Å². The summed E-state index contributed by atoms with van der Waals surface area (Å²) in [6.45, 7) is 7.19. The summed E-state index contributed by atoms with van der Waals surface area (Å²) in [6, 6.07) is 17.6. The molecule has 2 aromatic carbocycles. The lowest BCUT2D eigenvalue weighted by Crippen LogP contribution is -2.46. The maximum Gasteiger partial charge on any atom is 0.240 e. The van der Waals surface area contributed by atoms with E-state index in [4.69, 9.17) is 4.98 Å². The highest BCUT2D eigenvalue weighted by Crippen LogP contribution is 2.30. The number of likely N-dealkylation sites (N-methyl/N-ethyl adjacent to an activating group) is 1. The standard InChI is InChI=1S/C31H41N5O4S/c1-31(2,38)29(22-7-5-4-6-8-22)33-30(37)23-9-12-25(13-10-23)34-41(39,40)26-14-15-27-24(21-26)11-16-28(32-27)36-19-17-35(3)18-20-36/h4-8,11,14-16,21,23,25,29,34,38H,9-10,12-13,17-20H2,1-3H3,(H,33,37)/t23?,25?,29-/m1/s1. The van der Waals surface area contributed by atoms with Crippen molar-refractivity contribution in [1.29, 1.82) is 0 Å². The number of carbonyl (C=O) groups excluding carboxylic acids is 1. The Kier molecular flexibility index (Phi) is 8.65. The molecule has 1 atom stereocenters. The van der Waals surface area contributed by atoms with Gasteiger partial charge < -0.3 is 20.2 Å². The van der Waals surface area contributed by atoms with Crippen molar-refractivity contribution >= 4 is 32.7 Å². The molecule has 1 aromatic heterocycles. The largest absolute Gasteiger partial charge is 0.388 e. The number of amides is 1. The van der Waals surface area contributed by atoms with Crippen molar-refractivity contribution in [2.24, 2.45) is 5.92 Å². The molecule has 1 amide bonds. The number of pyridine rings is 1. The zero-order valence-corrected chi connectivity index (χ0v) is 24.9. The van der Waals surface area contributed by atoms with Crippen LogP contribution in [0.4, 0.5) is 5.82 Å². The Balaban J connectivity index is 1.19. The van der Waals surface area contributed by atoms with Gasteiger partial charge in [0.25, 0.3) is 0 Å². The van der Waals surface area contributed by atoms with E-state index in [1.54, 1.807) is 32.0 Å². The lowest BCUT2D eigenvalue weighted by Gasteiger charge is -2.34. The summed E-state index contributed by atoms with van der Waals surface area (Å²) in [4.78, 5) is 22.7. The number of nitrogens with zero attached hydrogens (tertiary/aromatic N) is 3. The molecule has 220 valence electrons. The first kappa shape index (κ1) is 29.4. The lowest BCUT2D eigenvalue weighted by atomic mass is 9.84. The van der Waals surface area contributed by atoms with Gasteiger partial charge in [-0.1, -0.05) is 30.3 Å². The monoisotopic (exact) mass is 579 g/mol. The lowest BCUT2D eigenvalue weighted by molar-refractivity contribution is -0.128. The van der Waals surface area contributed by atoms with E-state index < -0.39 is 21.7 Å². The first-order chi connectivity index (χ1) is 19.5. The molecule has 0 bridgehead atoms. The van der Waals surface area contributed by atoms with Gasteiger partial charge in [0.2, 0.25) is 15.9 Å². The summed E-state index contributed by atoms with van der Waals surface area (Å²) in [5.41, 5.74) is 0.480. The highest BCUT2D eigenvalue weighted by molar-refractivity contribution is 7.89. The van der Waals surface area contributed by atoms with Crippen LogP contribution in [0.3, 0.4) is 0 Å². The fraction of sp³-hybridized carbons (Fsp3) is 0.484. The van der Waals surface area contributed by atoms with Crippen LogP contribution in [0, 0.1) is 5.92 Å². The molecular weight excluding hydrogens is 538 g/mol. The van der Waals surface area contributed by atoms with Gasteiger partial charge in [-0.2, -0.15) is 0 Å². The summed E-state index contributed by atoms with van der Waals surface area (Å²) >= 11 is 0. The minimum Gasteiger partial charge on any atom is -0.388 e. The van der Waals surface area contributed by atoms with Crippen molar-refractivity contribution in [2.45, 2.75) is 62.1 Å². The second kappa shape index (κ2) is 12.1. The van der Waals surface area contributed by atoms with Crippen molar-refractivity contribution in [3.8, 4) is 0 Å². The van der Waals surface area contributed by atoms with E-state index in [0.29, 0.717) is 25.7 Å². The summed E-state index contributed by atoms with van der Waals surface area (Å²) in [6.07, 6.45) is 2.28. The molecule has 0 radical (unpaired) electrons. The zero-order valence-electron chi connectivity index (χ0n) is 24.1. The van der Waals surface area contributed by atoms with E-state index in [1.165, 1.54) is 0 Å². The average molecular weight is 580 g/mol. The molecular formula is C31H41N5O4S. The Morgan fingerprint density at radius 2 is 1.66 bits per heavy atom. The van der Waals surface area contributed by atoms with Crippen molar-refractivity contribution in [1.82, 2.24) is 19.9 Å². The quantitative estimate of drug-likeness (QED) is 0.375. The molecule has 2 aliphatic rings. The van der Waals surface area contributed by atoms with Crippen LogP contribution in [-0.2, 0) is 14.8 Å². The van der Waals surface area contributed by atoms with Crippen LogP contribution in [0.1, 0.15) is 51.1 Å². The van der Waals surface area contributed by atoms with Gasteiger partial charge in [-0.3, -0.25) is 4.79 Å². The molecule has 1 saturated carbocycles. The first-order valence-corrected chi connectivity index (χ1v) is 15.9. The highest BCUT2D eigenvalue weighted by Gasteiger charge is 2.34. The molecule has 1 aliphatic carbocycles. The van der Waals surface area contributed by atoms with Gasteiger partial charge in [-0.15, -0.1) is 0 Å². The van der Waals surface area contributed by atoms with E-state index in [1.807, 2.05) is 42.5 Å². The molecule has 0 spiro atoms. The predicted octanol–water partition coefficient (Wildman–Crippen LogP) is 3.45. The van der Waals surface area contributed by atoms with Crippen LogP contribution >= 0.6 is 0 Å². The Labute approximate surface area is 243 Å². The van der Waals surface area contributed by atoms with Gasteiger partial charge in [0.15, 0.2) is 0 Å². The number of carbonyl (C=O) groups is 1. The molecule has 0 unspecified atom stereocenters. The SMILES string of the molecule is CN1CCN(c2ccc3cc(S(=O)(=O)NC4CCC(C(=O)N[C@H](c5ccccc5)C(C)(C)O)CC4)ccc3n2)CC1. The molecule has 3 N–H and O–H groups in total. The van der Waals surface area contributed by atoms with E-state index >= 15 is 0 Å². The van der Waals surface area contributed by atoms with E-state index in [-0.39, 0.29) is 22.8 Å². The van der Waals surface area contributed by atoms with Crippen LogP contribution in [0.5, 0.6) is 0 Å². The van der Waals surface area contributed by atoms with E-state index in [9.17, 15) is 18.3 Å². The second-order valence-corrected chi connectivity index (χ2v) is 13.7. The van der Waals surface area contributed by atoms with Gasteiger partial charge in [0.1, 0.15) is 5.82 Å². The number of aliphatic hydroxyl groups is 1. The third-order valence-electron chi connectivity index (χ3n) is 8.33. The normalized spacial score (nSPS) is 21.5. The summed E-state index contributed by atoms with van der Waals surface area (Å²) in [5, 5.41) is 14.5. The van der Waals surface area contributed by atoms with Crippen LogP contribution in [0.25, 0.3) is 10.9 Å². The Morgan fingerprint density at radius 1 is 0.976 bits per heavy atom. The molecule has 2 heterocycles. The maximum absolute atomic E-state index is 13.3. The average Bonchev–Trinajstić information content (AvgIpc) is 2.95. The third-order valence-corrected chi connectivity index (χ3v) is 9.85. The molecule has 9 nitrogen and oxygen atoms in total. The van der Waals surface area contributed by atoms with Gasteiger partial charge in [-0.05, 0) is 82.5 Å². The van der Waals surface area contributed by atoms with Crippen LogP contribution in [0.2, 0.25) is 0 Å². The van der Waals surface area contributed by atoms with Crippen molar-refractivity contribution in [2.75, 3.05) is 38.1 Å². The van der Waals surface area contributed by atoms with Crippen molar-refractivity contribution in [3.05, 3.63) is 66.2 Å². The minimum atomic E-state index is -3.73. The first-order valence-electron chi connectivity index (χ1n) is 14.4. The molecule has 5 rings (SSSR count). The number of piperazine rings is 1. The number of rotatable bonds is 8. The Morgan fingerprint density at radius 3 is 2.32 bits per heavy atom. The molecule has 1 aliphatic heterocycles. The Bertz CT molecular complexity index is 1460. The fourth-order valence-corrected chi connectivity index (χ4v) is 7.15. The maximum atomic E-state index is 13.3. The predicted molar refractivity (Wildman–Crippen MR) is 161 cm³/mol. The van der Waals surface area contributed by atoms with Crippen molar-refractivity contribution < 1.29 is 18.3 Å². The van der Waals surface area contributed by atoms with Crippen molar-refractivity contribution in [3.63, 3.8) is 0 Å². The van der Waals surface area contributed by atoms with E-state index in [2.05, 4.69) is 26.9 Å². The van der Waals surface area contributed by atoms with Crippen LogP contribution in [-0.4, -0.2) is 74.2 Å². The minimum absolute atomic E-state index is 0.111. The second-order valence-electron chi connectivity index (χ2n) is 12.0. The van der Waals surface area contributed by atoms with Gasteiger partial charge in [0.05, 0.1) is 22.1 Å². The zero-order chi connectivity index (χ0) is 29.2. The summed E-state index contributed by atoms with van der Waals surface area (Å²) < 4.78 is 29.4. The van der Waals surface area contributed by atoms with Gasteiger partial charge >= 0.3 is 0 Å². The Hall–Kier alpha value is -3.05. The van der Waals surface area contributed by atoms with Gasteiger partial charge in [0, 0.05) is 43.5 Å². The number of aromatic nitrogens is 1. The number of hydrogen-bond donors (Lipinski definition) is 3. The number of fused-ring (bicyclic) bond motifs is 1. The number of anilines is 1. The third kappa shape index (κ3) is 7.06. The van der Waals surface area contributed by atoms with E-state index in [0.717, 1.165) is 48.5 Å².